The van der Waals surface area contributed by atoms with Crippen molar-refractivity contribution in [2.24, 2.45) is 22.7 Å². The first-order valence-corrected chi connectivity index (χ1v) is 5.61. The first kappa shape index (κ1) is 9.51. The average molecular weight is 182 g/mol. The van der Waals surface area contributed by atoms with Gasteiger partial charge in [0.1, 0.15) is 0 Å². The van der Waals surface area contributed by atoms with Crippen LogP contribution in [0.4, 0.5) is 0 Å². The fourth-order valence-corrected chi connectivity index (χ4v) is 4.25. The molecular weight excluding hydrogens is 160 g/mol. The third-order valence-electron chi connectivity index (χ3n) is 4.99. The molecule has 3 atom stereocenters. The van der Waals surface area contributed by atoms with E-state index in [1.807, 2.05) is 0 Å². The van der Waals surface area contributed by atoms with Crippen molar-refractivity contribution in [3.05, 3.63) is 0 Å². The summed E-state index contributed by atoms with van der Waals surface area (Å²) in [6.07, 6.45) is 5.24. The Morgan fingerprint density at radius 1 is 1.31 bits per heavy atom. The highest BCUT2D eigenvalue weighted by Crippen LogP contribution is 2.66. The number of rotatable bonds is 2. The minimum absolute atomic E-state index is 0.371. The molecule has 2 aliphatic rings. The van der Waals surface area contributed by atoms with Gasteiger partial charge in [-0.05, 0) is 48.3 Å². The Hall–Kier alpha value is -0.0400. The smallest absolute Gasteiger partial charge is 0.0434 e. The fraction of sp³-hybridized carbons (Fsp3) is 1.00. The van der Waals surface area contributed by atoms with Gasteiger partial charge in [-0.3, -0.25) is 0 Å². The Labute approximate surface area is 81.5 Å². The van der Waals surface area contributed by atoms with Crippen LogP contribution in [0.1, 0.15) is 46.5 Å². The third kappa shape index (κ3) is 1.16. The van der Waals surface area contributed by atoms with Crippen LogP contribution in [0.25, 0.3) is 0 Å². The second kappa shape index (κ2) is 2.73. The summed E-state index contributed by atoms with van der Waals surface area (Å²) < 4.78 is 0. The molecule has 2 rings (SSSR count). The molecule has 3 unspecified atom stereocenters. The molecule has 2 bridgehead atoms. The second-order valence-corrected chi connectivity index (χ2v) is 5.98. The van der Waals surface area contributed by atoms with Crippen molar-refractivity contribution in [3.8, 4) is 0 Å². The predicted octanol–water partition coefficient (Wildman–Crippen LogP) is 2.83. The number of fused-ring (bicyclic) bond motifs is 2. The van der Waals surface area contributed by atoms with Crippen molar-refractivity contribution in [1.29, 1.82) is 0 Å². The second-order valence-electron chi connectivity index (χ2n) is 5.98. The van der Waals surface area contributed by atoms with Gasteiger partial charge in [0.25, 0.3) is 0 Å². The average Bonchev–Trinajstić information content (AvgIpc) is 2.50. The number of aliphatic hydroxyl groups excluding tert-OH is 1. The highest BCUT2D eigenvalue weighted by molar-refractivity contribution is 5.07. The molecule has 0 aromatic rings. The highest BCUT2D eigenvalue weighted by atomic mass is 16.3. The molecule has 0 aromatic carbocycles. The van der Waals surface area contributed by atoms with E-state index in [2.05, 4.69) is 20.8 Å². The SMILES string of the molecule is CC12CCC(C1)C(C)(C)C2CCO. The van der Waals surface area contributed by atoms with Crippen molar-refractivity contribution in [3.63, 3.8) is 0 Å². The number of aliphatic hydroxyl groups is 1. The maximum Gasteiger partial charge on any atom is 0.0434 e. The predicted molar refractivity (Wildman–Crippen MR) is 54.4 cm³/mol. The molecule has 0 radical (unpaired) electrons. The van der Waals surface area contributed by atoms with Gasteiger partial charge in [0, 0.05) is 6.61 Å². The summed E-state index contributed by atoms with van der Waals surface area (Å²) in [7, 11) is 0. The zero-order chi connectivity index (χ0) is 9.69. The molecule has 0 heterocycles. The quantitative estimate of drug-likeness (QED) is 0.696. The summed E-state index contributed by atoms with van der Waals surface area (Å²) in [4.78, 5) is 0. The molecule has 1 N–H and O–H groups in total. The first-order chi connectivity index (χ1) is 6.00. The zero-order valence-corrected chi connectivity index (χ0v) is 9.14. The summed E-state index contributed by atoms with van der Waals surface area (Å²) in [5, 5.41) is 9.10. The van der Waals surface area contributed by atoms with Crippen molar-refractivity contribution in [2.75, 3.05) is 6.61 Å². The van der Waals surface area contributed by atoms with Crippen LogP contribution in [0, 0.1) is 22.7 Å². The van der Waals surface area contributed by atoms with Crippen LogP contribution in [0.2, 0.25) is 0 Å². The molecule has 13 heavy (non-hydrogen) atoms. The van der Waals surface area contributed by atoms with Crippen molar-refractivity contribution >= 4 is 0 Å². The molecule has 0 aromatic heterocycles. The lowest BCUT2D eigenvalue weighted by atomic mass is 9.63. The third-order valence-corrected chi connectivity index (χ3v) is 4.99. The highest BCUT2D eigenvalue weighted by Gasteiger charge is 2.58. The Kier molecular flexibility index (Phi) is 1.99. The number of hydrogen-bond donors (Lipinski definition) is 1. The van der Waals surface area contributed by atoms with E-state index >= 15 is 0 Å². The monoisotopic (exact) mass is 182 g/mol. The zero-order valence-electron chi connectivity index (χ0n) is 9.14. The molecule has 0 spiro atoms. The van der Waals surface area contributed by atoms with Gasteiger partial charge in [-0.25, -0.2) is 0 Å². The first-order valence-electron chi connectivity index (χ1n) is 5.61. The van der Waals surface area contributed by atoms with Gasteiger partial charge in [-0.2, -0.15) is 0 Å². The van der Waals surface area contributed by atoms with Crippen LogP contribution in [-0.4, -0.2) is 11.7 Å². The van der Waals surface area contributed by atoms with Gasteiger partial charge in [0.05, 0.1) is 0 Å². The molecule has 2 saturated carbocycles. The molecule has 0 aliphatic heterocycles. The maximum absolute atomic E-state index is 9.10. The minimum atomic E-state index is 0.371. The van der Waals surface area contributed by atoms with E-state index in [1.54, 1.807) is 0 Å². The minimum Gasteiger partial charge on any atom is -0.396 e. The molecule has 0 amide bonds. The Morgan fingerprint density at radius 3 is 2.46 bits per heavy atom. The summed E-state index contributed by atoms with van der Waals surface area (Å²) >= 11 is 0. The van der Waals surface area contributed by atoms with Crippen LogP contribution >= 0.6 is 0 Å². The largest absolute Gasteiger partial charge is 0.396 e. The lowest BCUT2D eigenvalue weighted by Gasteiger charge is -2.42. The Balaban J connectivity index is 2.23. The summed E-state index contributed by atoms with van der Waals surface area (Å²) in [5.74, 6) is 1.68. The van der Waals surface area contributed by atoms with E-state index in [-0.39, 0.29) is 0 Å². The van der Waals surface area contributed by atoms with Gasteiger partial charge in [-0.1, -0.05) is 20.8 Å². The van der Waals surface area contributed by atoms with E-state index in [0.717, 1.165) is 18.3 Å². The molecular formula is C12H22O. The standard InChI is InChI=1S/C12H22O/c1-11(2)9-4-6-12(3,8-9)10(11)5-7-13/h9-10,13H,4-8H2,1-3H3. The fourth-order valence-electron chi connectivity index (χ4n) is 4.25. The molecule has 1 heteroatoms. The van der Waals surface area contributed by atoms with E-state index in [9.17, 15) is 0 Å². The van der Waals surface area contributed by atoms with Crippen molar-refractivity contribution in [1.82, 2.24) is 0 Å². The normalized spacial score (nSPS) is 47.1. The topological polar surface area (TPSA) is 20.2 Å². The van der Waals surface area contributed by atoms with Gasteiger partial charge >= 0.3 is 0 Å². The van der Waals surface area contributed by atoms with Crippen LogP contribution in [0.15, 0.2) is 0 Å². The van der Waals surface area contributed by atoms with Crippen molar-refractivity contribution < 1.29 is 5.11 Å². The van der Waals surface area contributed by atoms with E-state index in [0.29, 0.717) is 17.4 Å². The van der Waals surface area contributed by atoms with E-state index in [1.165, 1.54) is 19.3 Å². The molecule has 2 fully saturated rings. The molecule has 2 aliphatic carbocycles. The summed E-state index contributed by atoms with van der Waals surface area (Å²) in [5.41, 5.74) is 1.03. The lowest BCUT2D eigenvalue weighted by molar-refractivity contribution is 0.0514. The molecule has 0 saturated heterocycles. The van der Waals surface area contributed by atoms with Gasteiger partial charge in [0.2, 0.25) is 0 Å². The molecule has 1 nitrogen and oxygen atoms in total. The maximum atomic E-state index is 9.10. The van der Waals surface area contributed by atoms with Gasteiger partial charge in [0.15, 0.2) is 0 Å². The van der Waals surface area contributed by atoms with E-state index in [4.69, 9.17) is 5.11 Å². The van der Waals surface area contributed by atoms with Gasteiger partial charge in [-0.15, -0.1) is 0 Å². The van der Waals surface area contributed by atoms with E-state index < -0.39 is 0 Å². The number of hydrogen-bond acceptors (Lipinski definition) is 1. The van der Waals surface area contributed by atoms with Crippen LogP contribution in [-0.2, 0) is 0 Å². The van der Waals surface area contributed by atoms with Crippen molar-refractivity contribution in [2.45, 2.75) is 46.5 Å². The summed E-state index contributed by atoms with van der Waals surface area (Å²) in [6.45, 7) is 7.61. The van der Waals surface area contributed by atoms with Crippen LogP contribution in [0.5, 0.6) is 0 Å². The Morgan fingerprint density at radius 2 is 2.00 bits per heavy atom. The summed E-state index contributed by atoms with van der Waals surface area (Å²) in [6, 6.07) is 0. The molecule has 76 valence electrons. The van der Waals surface area contributed by atoms with Crippen LogP contribution < -0.4 is 0 Å². The lowest BCUT2D eigenvalue weighted by Crippen LogP contribution is -2.35. The van der Waals surface area contributed by atoms with Gasteiger partial charge < -0.3 is 5.11 Å². The van der Waals surface area contributed by atoms with Crippen LogP contribution in [0.3, 0.4) is 0 Å². The Bertz CT molecular complexity index is 204.